The molecule has 0 aliphatic heterocycles. The van der Waals surface area contributed by atoms with Crippen LogP contribution in [-0.4, -0.2) is 17.8 Å². The molecule has 0 saturated heterocycles. The fraction of sp³-hybridized carbons (Fsp3) is 0.538. The van der Waals surface area contributed by atoms with Crippen LogP contribution in [0.5, 0.6) is 0 Å². The molecule has 0 aliphatic carbocycles. The Bertz CT molecular complexity index is 302. The summed E-state index contributed by atoms with van der Waals surface area (Å²) >= 11 is 0. The minimum Gasteiger partial charge on any atom is -0.392 e. The van der Waals surface area contributed by atoms with E-state index in [1.165, 1.54) is 16.7 Å². The van der Waals surface area contributed by atoms with Gasteiger partial charge in [0.1, 0.15) is 0 Å². The number of hydrogen-bond donors (Lipinski definition) is 2. The molecular formula is C13H21NO. The molecule has 0 spiro atoms. The summed E-state index contributed by atoms with van der Waals surface area (Å²) in [6, 6.07) is 6.53. The van der Waals surface area contributed by atoms with Crippen LogP contribution in [0.4, 0.5) is 0 Å². The zero-order valence-corrected chi connectivity index (χ0v) is 9.83. The molecular weight excluding hydrogens is 186 g/mol. The first-order chi connectivity index (χ1) is 7.02. The molecule has 1 aromatic rings. The van der Waals surface area contributed by atoms with Crippen LogP contribution >= 0.6 is 0 Å². The zero-order valence-electron chi connectivity index (χ0n) is 9.83. The van der Waals surface area contributed by atoms with E-state index in [9.17, 15) is 5.11 Å². The lowest BCUT2D eigenvalue weighted by Gasteiger charge is -2.16. The van der Waals surface area contributed by atoms with Gasteiger partial charge in [0.25, 0.3) is 0 Å². The van der Waals surface area contributed by atoms with Crippen LogP contribution in [-0.2, 0) is 0 Å². The van der Waals surface area contributed by atoms with E-state index in [4.69, 9.17) is 5.73 Å². The lowest BCUT2D eigenvalue weighted by atomic mass is 9.92. The molecule has 84 valence electrons. The Balaban J connectivity index is 2.77. The van der Waals surface area contributed by atoms with Crippen LogP contribution in [0.15, 0.2) is 18.2 Å². The zero-order chi connectivity index (χ0) is 11.4. The summed E-state index contributed by atoms with van der Waals surface area (Å²) in [5, 5.41) is 9.50. The SMILES string of the molecule is Cc1cc(C)cc(C(C)CC(O)CN)c1. The molecule has 1 aromatic carbocycles. The highest BCUT2D eigenvalue weighted by atomic mass is 16.3. The Kier molecular flexibility index (Phi) is 4.30. The lowest BCUT2D eigenvalue weighted by Crippen LogP contribution is -2.21. The number of rotatable bonds is 4. The molecule has 0 bridgehead atoms. The molecule has 0 heterocycles. The maximum absolute atomic E-state index is 9.50. The Morgan fingerprint density at radius 1 is 1.20 bits per heavy atom. The van der Waals surface area contributed by atoms with E-state index in [2.05, 4.69) is 39.0 Å². The van der Waals surface area contributed by atoms with Gasteiger partial charge in [0.15, 0.2) is 0 Å². The van der Waals surface area contributed by atoms with Crippen LogP contribution in [0, 0.1) is 13.8 Å². The second-order valence-corrected chi connectivity index (χ2v) is 4.45. The topological polar surface area (TPSA) is 46.2 Å². The molecule has 0 aliphatic rings. The van der Waals surface area contributed by atoms with Gasteiger partial charge in [-0.25, -0.2) is 0 Å². The highest BCUT2D eigenvalue weighted by molar-refractivity contribution is 5.30. The Hall–Kier alpha value is -0.860. The standard InChI is InChI=1S/C13H21NO/c1-9-4-10(2)6-12(5-9)11(3)7-13(15)8-14/h4-6,11,13,15H,7-8,14H2,1-3H3. The minimum atomic E-state index is -0.388. The quantitative estimate of drug-likeness (QED) is 0.794. The second-order valence-electron chi connectivity index (χ2n) is 4.45. The summed E-state index contributed by atoms with van der Waals surface area (Å²) in [5.41, 5.74) is 9.25. The number of hydrogen-bond acceptors (Lipinski definition) is 2. The van der Waals surface area contributed by atoms with Gasteiger partial charge in [0, 0.05) is 6.54 Å². The van der Waals surface area contributed by atoms with Gasteiger partial charge in [-0.1, -0.05) is 36.2 Å². The molecule has 0 saturated carbocycles. The molecule has 2 heteroatoms. The molecule has 0 aromatic heterocycles. The maximum atomic E-state index is 9.50. The number of nitrogens with two attached hydrogens (primary N) is 1. The summed E-state index contributed by atoms with van der Waals surface area (Å²) < 4.78 is 0. The van der Waals surface area contributed by atoms with Crippen molar-refractivity contribution in [3.8, 4) is 0 Å². The second kappa shape index (κ2) is 5.29. The van der Waals surface area contributed by atoms with Gasteiger partial charge in [-0.2, -0.15) is 0 Å². The van der Waals surface area contributed by atoms with Gasteiger partial charge >= 0.3 is 0 Å². The predicted octanol–water partition coefficient (Wildman–Crippen LogP) is 2.12. The monoisotopic (exact) mass is 207 g/mol. The van der Waals surface area contributed by atoms with E-state index in [0.717, 1.165) is 6.42 Å². The highest BCUT2D eigenvalue weighted by Gasteiger charge is 2.11. The predicted molar refractivity (Wildman–Crippen MR) is 64.0 cm³/mol. The molecule has 1 rings (SSSR count). The third-order valence-corrected chi connectivity index (χ3v) is 2.71. The van der Waals surface area contributed by atoms with Crippen molar-refractivity contribution >= 4 is 0 Å². The summed E-state index contributed by atoms with van der Waals surface area (Å²) in [4.78, 5) is 0. The number of aliphatic hydroxyl groups excluding tert-OH is 1. The lowest BCUT2D eigenvalue weighted by molar-refractivity contribution is 0.165. The Morgan fingerprint density at radius 3 is 2.20 bits per heavy atom. The van der Waals surface area contributed by atoms with E-state index in [0.29, 0.717) is 12.5 Å². The summed E-state index contributed by atoms with van der Waals surface area (Å²) in [5.74, 6) is 0.363. The summed E-state index contributed by atoms with van der Waals surface area (Å²) in [7, 11) is 0. The van der Waals surface area contributed by atoms with Gasteiger partial charge in [-0.05, 0) is 31.7 Å². The molecule has 2 unspecified atom stereocenters. The molecule has 15 heavy (non-hydrogen) atoms. The van der Waals surface area contributed by atoms with Crippen molar-refractivity contribution < 1.29 is 5.11 Å². The average molecular weight is 207 g/mol. The fourth-order valence-corrected chi connectivity index (χ4v) is 1.93. The van der Waals surface area contributed by atoms with E-state index in [1.807, 2.05) is 0 Å². The molecule has 0 amide bonds. The van der Waals surface area contributed by atoms with E-state index < -0.39 is 0 Å². The van der Waals surface area contributed by atoms with Crippen LogP contribution in [0.25, 0.3) is 0 Å². The van der Waals surface area contributed by atoms with Crippen molar-refractivity contribution in [3.05, 3.63) is 34.9 Å². The van der Waals surface area contributed by atoms with Gasteiger partial charge in [-0.3, -0.25) is 0 Å². The maximum Gasteiger partial charge on any atom is 0.0668 e. The van der Waals surface area contributed by atoms with E-state index in [1.54, 1.807) is 0 Å². The first-order valence-electron chi connectivity index (χ1n) is 5.49. The van der Waals surface area contributed by atoms with Crippen molar-refractivity contribution in [2.75, 3.05) is 6.54 Å². The first-order valence-corrected chi connectivity index (χ1v) is 5.49. The normalized spacial score (nSPS) is 15.0. The third-order valence-electron chi connectivity index (χ3n) is 2.71. The highest BCUT2D eigenvalue weighted by Crippen LogP contribution is 2.22. The molecule has 2 atom stereocenters. The van der Waals surface area contributed by atoms with Crippen molar-refractivity contribution in [2.45, 2.75) is 39.2 Å². The average Bonchev–Trinajstić information content (AvgIpc) is 2.16. The van der Waals surface area contributed by atoms with Gasteiger partial charge in [-0.15, -0.1) is 0 Å². The van der Waals surface area contributed by atoms with E-state index >= 15 is 0 Å². The van der Waals surface area contributed by atoms with Crippen molar-refractivity contribution in [1.82, 2.24) is 0 Å². The number of benzene rings is 1. The Labute approximate surface area is 92.1 Å². The first kappa shape index (κ1) is 12.2. The third kappa shape index (κ3) is 3.65. The van der Waals surface area contributed by atoms with Crippen molar-refractivity contribution in [1.29, 1.82) is 0 Å². The molecule has 2 nitrogen and oxygen atoms in total. The van der Waals surface area contributed by atoms with Crippen LogP contribution in [0.2, 0.25) is 0 Å². The number of aliphatic hydroxyl groups is 1. The van der Waals surface area contributed by atoms with Gasteiger partial charge < -0.3 is 10.8 Å². The molecule has 3 N–H and O–H groups in total. The largest absolute Gasteiger partial charge is 0.392 e. The smallest absolute Gasteiger partial charge is 0.0668 e. The van der Waals surface area contributed by atoms with Crippen LogP contribution < -0.4 is 5.73 Å². The summed E-state index contributed by atoms with van der Waals surface area (Å²) in [6.07, 6.45) is 0.347. The van der Waals surface area contributed by atoms with Gasteiger partial charge in [0.2, 0.25) is 0 Å². The Morgan fingerprint density at radius 2 is 1.73 bits per heavy atom. The van der Waals surface area contributed by atoms with Crippen LogP contribution in [0.1, 0.15) is 36.0 Å². The van der Waals surface area contributed by atoms with Crippen molar-refractivity contribution in [3.63, 3.8) is 0 Å². The number of aryl methyl sites for hydroxylation is 2. The van der Waals surface area contributed by atoms with Crippen LogP contribution in [0.3, 0.4) is 0 Å². The fourth-order valence-electron chi connectivity index (χ4n) is 1.93. The minimum absolute atomic E-state index is 0.342. The summed E-state index contributed by atoms with van der Waals surface area (Å²) in [6.45, 7) is 6.67. The van der Waals surface area contributed by atoms with Crippen molar-refractivity contribution in [2.24, 2.45) is 5.73 Å². The molecule has 0 radical (unpaired) electrons. The van der Waals surface area contributed by atoms with E-state index in [-0.39, 0.29) is 6.10 Å². The van der Waals surface area contributed by atoms with Gasteiger partial charge in [0.05, 0.1) is 6.10 Å². The molecule has 0 fully saturated rings.